The van der Waals surface area contributed by atoms with Gasteiger partial charge in [-0.3, -0.25) is 9.59 Å². The molecule has 96 valence electrons. The van der Waals surface area contributed by atoms with Crippen LogP contribution in [0.25, 0.3) is 0 Å². The first-order chi connectivity index (χ1) is 8.58. The third kappa shape index (κ3) is 2.78. The number of carbonyl (C=O) groups excluding carboxylic acids is 2. The number of ether oxygens (including phenoxy) is 1. The lowest BCUT2D eigenvalue weighted by Gasteiger charge is -2.17. The third-order valence-electron chi connectivity index (χ3n) is 3.02. The number of carbonyl (C=O) groups is 2. The number of ketones is 2. The van der Waals surface area contributed by atoms with Crippen molar-refractivity contribution in [2.75, 3.05) is 6.61 Å². The van der Waals surface area contributed by atoms with E-state index in [2.05, 4.69) is 0 Å². The molecule has 0 fully saturated rings. The molecule has 1 aromatic rings. The summed E-state index contributed by atoms with van der Waals surface area (Å²) >= 11 is 0. The van der Waals surface area contributed by atoms with Crippen LogP contribution in [-0.2, 0) is 11.2 Å². The van der Waals surface area contributed by atoms with Crippen LogP contribution in [0.1, 0.15) is 42.6 Å². The van der Waals surface area contributed by atoms with Gasteiger partial charge in [-0.25, -0.2) is 0 Å². The zero-order chi connectivity index (χ0) is 13.1. The van der Waals surface area contributed by atoms with Crippen LogP contribution in [0.3, 0.4) is 0 Å². The lowest BCUT2D eigenvalue weighted by atomic mass is 9.96. The van der Waals surface area contributed by atoms with E-state index in [1.165, 1.54) is 0 Å². The molecule has 0 N–H and O–H groups in total. The Hall–Kier alpha value is -1.64. The lowest BCUT2D eigenvalue weighted by Crippen LogP contribution is -2.17. The van der Waals surface area contributed by atoms with Gasteiger partial charge in [-0.2, -0.15) is 0 Å². The number of fused-ring (bicyclic) bond motifs is 1. The molecule has 0 spiro atoms. The maximum Gasteiger partial charge on any atom is 0.228 e. The number of benzene rings is 1. The molecule has 0 saturated heterocycles. The first-order valence-corrected chi connectivity index (χ1v) is 6.41. The predicted molar refractivity (Wildman–Crippen MR) is 69.1 cm³/mol. The first-order valence-electron chi connectivity index (χ1n) is 6.41. The number of hydrogen-bond donors (Lipinski definition) is 0. The van der Waals surface area contributed by atoms with Gasteiger partial charge in [-0.05, 0) is 42.5 Å². The molecule has 0 unspecified atom stereocenters. The maximum atomic E-state index is 12.0. The van der Waals surface area contributed by atoms with Crippen LogP contribution in [0.5, 0.6) is 5.75 Å². The van der Waals surface area contributed by atoms with Gasteiger partial charge >= 0.3 is 0 Å². The average molecular weight is 246 g/mol. The van der Waals surface area contributed by atoms with Crippen LogP contribution < -0.4 is 4.74 Å². The van der Waals surface area contributed by atoms with Gasteiger partial charge in [-0.1, -0.05) is 13.8 Å². The van der Waals surface area contributed by atoms with Crippen molar-refractivity contribution in [2.45, 2.75) is 33.1 Å². The van der Waals surface area contributed by atoms with E-state index in [0.29, 0.717) is 12.0 Å². The number of Topliss-reactive ketones (excluding diaryl/α,β-unsaturated/α-hetero) is 2. The van der Waals surface area contributed by atoms with Crippen LogP contribution >= 0.6 is 0 Å². The van der Waals surface area contributed by atoms with E-state index in [1.807, 2.05) is 13.8 Å². The lowest BCUT2D eigenvalue weighted by molar-refractivity contribution is -0.115. The van der Waals surface area contributed by atoms with Gasteiger partial charge < -0.3 is 4.74 Å². The highest BCUT2D eigenvalue weighted by molar-refractivity contribution is 6.43. The highest BCUT2D eigenvalue weighted by Crippen LogP contribution is 2.26. The Morgan fingerprint density at radius 2 is 2.11 bits per heavy atom. The standard InChI is InChI=1S/C15H18O3/c1-10(2)8-13(16)15(17)12-5-6-14-11(9-12)4-3-7-18-14/h5-6,9-10H,3-4,7-8H2,1-2H3. The smallest absolute Gasteiger partial charge is 0.228 e. The molecule has 0 aliphatic carbocycles. The van der Waals surface area contributed by atoms with Gasteiger partial charge in [-0.15, -0.1) is 0 Å². The number of rotatable bonds is 4. The van der Waals surface area contributed by atoms with Crippen molar-refractivity contribution in [2.24, 2.45) is 5.92 Å². The Morgan fingerprint density at radius 1 is 1.33 bits per heavy atom. The minimum absolute atomic E-state index is 0.211. The quantitative estimate of drug-likeness (QED) is 0.606. The molecule has 2 rings (SSSR count). The summed E-state index contributed by atoms with van der Waals surface area (Å²) in [5, 5.41) is 0. The molecule has 0 atom stereocenters. The summed E-state index contributed by atoms with van der Waals surface area (Å²) in [5.41, 5.74) is 1.52. The highest BCUT2D eigenvalue weighted by Gasteiger charge is 2.19. The molecule has 0 aromatic heterocycles. The van der Waals surface area contributed by atoms with E-state index < -0.39 is 0 Å². The molecule has 1 aliphatic heterocycles. The van der Waals surface area contributed by atoms with E-state index in [-0.39, 0.29) is 17.5 Å². The fourth-order valence-corrected chi connectivity index (χ4v) is 2.13. The van der Waals surface area contributed by atoms with Gasteiger partial charge in [0.15, 0.2) is 0 Å². The number of aryl methyl sites for hydroxylation is 1. The molecule has 18 heavy (non-hydrogen) atoms. The van der Waals surface area contributed by atoms with Gasteiger partial charge in [0.2, 0.25) is 11.6 Å². The van der Waals surface area contributed by atoms with Gasteiger partial charge in [0.1, 0.15) is 5.75 Å². The second-order valence-electron chi connectivity index (χ2n) is 5.12. The largest absolute Gasteiger partial charge is 0.493 e. The molecule has 1 aliphatic rings. The van der Waals surface area contributed by atoms with Gasteiger partial charge in [0.05, 0.1) is 6.61 Å². The van der Waals surface area contributed by atoms with Crippen LogP contribution in [0.2, 0.25) is 0 Å². The minimum Gasteiger partial charge on any atom is -0.493 e. The molecule has 3 nitrogen and oxygen atoms in total. The van der Waals surface area contributed by atoms with E-state index in [1.54, 1.807) is 18.2 Å². The zero-order valence-electron chi connectivity index (χ0n) is 10.9. The fraction of sp³-hybridized carbons (Fsp3) is 0.467. The summed E-state index contributed by atoms with van der Waals surface area (Å²) in [5.74, 6) is 0.371. The normalized spacial score (nSPS) is 13.9. The van der Waals surface area contributed by atoms with Crippen molar-refractivity contribution in [1.29, 1.82) is 0 Å². The summed E-state index contributed by atoms with van der Waals surface area (Å²) in [7, 11) is 0. The summed E-state index contributed by atoms with van der Waals surface area (Å²) in [6.07, 6.45) is 2.19. The first kappa shape index (κ1) is 12.8. The molecule has 0 saturated carbocycles. The average Bonchev–Trinajstić information content (AvgIpc) is 2.36. The predicted octanol–water partition coefficient (Wildman–Crippen LogP) is 2.81. The molecular formula is C15H18O3. The topological polar surface area (TPSA) is 43.4 Å². The van der Waals surface area contributed by atoms with E-state index in [4.69, 9.17) is 4.74 Å². The molecule has 0 bridgehead atoms. The van der Waals surface area contributed by atoms with Crippen molar-refractivity contribution in [3.8, 4) is 5.75 Å². The van der Waals surface area contributed by atoms with Crippen molar-refractivity contribution >= 4 is 11.6 Å². The third-order valence-corrected chi connectivity index (χ3v) is 3.02. The van der Waals surface area contributed by atoms with Crippen LogP contribution in [0, 0.1) is 5.92 Å². The Bertz CT molecular complexity index is 475. The van der Waals surface area contributed by atoms with Crippen molar-refractivity contribution < 1.29 is 14.3 Å². The highest BCUT2D eigenvalue weighted by atomic mass is 16.5. The van der Waals surface area contributed by atoms with Crippen molar-refractivity contribution in [3.63, 3.8) is 0 Å². The van der Waals surface area contributed by atoms with Crippen LogP contribution in [-0.4, -0.2) is 18.2 Å². The zero-order valence-corrected chi connectivity index (χ0v) is 10.9. The summed E-state index contributed by atoms with van der Waals surface area (Å²) in [6, 6.07) is 5.28. The van der Waals surface area contributed by atoms with Crippen LogP contribution in [0.15, 0.2) is 18.2 Å². The molecule has 1 heterocycles. The van der Waals surface area contributed by atoms with E-state index >= 15 is 0 Å². The monoisotopic (exact) mass is 246 g/mol. The second-order valence-corrected chi connectivity index (χ2v) is 5.12. The summed E-state index contributed by atoms with van der Waals surface area (Å²) < 4.78 is 5.49. The van der Waals surface area contributed by atoms with Crippen molar-refractivity contribution in [1.82, 2.24) is 0 Å². The van der Waals surface area contributed by atoms with Crippen LogP contribution in [0.4, 0.5) is 0 Å². The fourth-order valence-electron chi connectivity index (χ4n) is 2.13. The SMILES string of the molecule is CC(C)CC(=O)C(=O)c1ccc2c(c1)CCCO2. The summed E-state index contributed by atoms with van der Waals surface area (Å²) in [6.45, 7) is 4.60. The van der Waals surface area contributed by atoms with Gasteiger partial charge in [0.25, 0.3) is 0 Å². The molecule has 0 radical (unpaired) electrons. The molecular weight excluding hydrogens is 228 g/mol. The van der Waals surface area contributed by atoms with Gasteiger partial charge in [0, 0.05) is 12.0 Å². The molecule has 1 aromatic carbocycles. The number of hydrogen-bond acceptors (Lipinski definition) is 3. The Kier molecular flexibility index (Phi) is 3.80. The summed E-state index contributed by atoms with van der Waals surface area (Å²) in [4.78, 5) is 23.7. The Morgan fingerprint density at radius 3 is 2.83 bits per heavy atom. The second kappa shape index (κ2) is 5.34. The van der Waals surface area contributed by atoms with Crippen molar-refractivity contribution in [3.05, 3.63) is 29.3 Å². The van der Waals surface area contributed by atoms with E-state index in [9.17, 15) is 9.59 Å². The molecule has 0 amide bonds. The Labute approximate surface area is 107 Å². The molecule has 3 heteroatoms. The minimum atomic E-state index is -0.378. The Balaban J connectivity index is 2.18. The maximum absolute atomic E-state index is 12.0. The van der Waals surface area contributed by atoms with E-state index in [0.717, 1.165) is 30.8 Å².